The van der Waals surface area contributed by atoms with Crippen molar-refractivity contribution in [2.45, 2.75) is 44.9 Å². The predicted octanol–water partition coefficient (Wildman–Crippen LogP) is 3.86. The lowest BCUT2D eigenvalue weighted by atomic mass is 9.42. The number of benzene rings is 1. The Kier molecular flexibility index (Phi) is 3.04. The number of fused-ring (bicyclic) bond motifs is 5. The Balaban J connectivity index is 1.63. The van der Waals surface area contributed by atoms with Crippen molar-refractivity contribution in [2.24, 2.45) is 23.2 Å². The van der Waals surface area contributed by atoms with E-state index in [1.807, 2.05) is 0 Å². The van der Waals surface area contributed by atoms with E-state index >= 15 is 0 Å². The van der Waals surface area contributed by atoms with Crippen LogP contribution in [-0.2, 0) is 11.2 Å². The highest BCUT2D eigenvalue weighted by Crippen LogP contribution is 2.66. The Morgan fingerprint density at radius 2 is 2.18 bits per heavy atom. The van der Waals surface area contributed by atoms with Crippen molar-refractivity contribution >= 4 is 5.97 Å². The zero-order valence-electron chi connectivity index (χ0n) is 13.3. The highest BCUT2D eigenvalue weighted by atomic mass is 16.5. The molecule has 3 nitrogen and oxygen atoms in total. The minimum atomic E-state index is -0.585. The third kappa shape index (κ3) is 1.77. The molecular weight excluding hydrogens is 276 g/mol. The lowest BCUT2D eigenvalue weighted by molar-refractivity contribution is -0.174. The topological polar surface area (TPSA) is 46.5 Å². The smallest absolute Gasteiger partial charge is 0.307 e. The van der Waals surface area contributed by atoms with Crippen LogP contribution in [0.5, 0.6) is 5.75 Å². The first kappa shape index (κ1) is 14.1. The molecule has 2 fully saturated rings. The van der Waals surface area contributed by atoms with Gasteiger partial charge in [-0.25, -0.2) is 0 Å². The summed E-state index contributed by atoms with van der Waals surface area (Å²) in [5, 5.41) is 9.43. The van der Waals surface area contributed by atoms with Gasteiger partial charge in [0, 0.05) is 0 Å². The van der Waals surface area contributed by atoms with Crippen molar-refractivity contribution in [3.63, 3.8) is 0 Å². The maximum absolute atomic E-state index is 11.5. The van der Waals surface area contributed by atoms with Crippen molar-refractivity contribution in [1.82, 2.24) is 0 Å². The van der Waals surface area contributed by atoms with Crippen LogP contribution in [0.1, 0.15) is 49.7 Å². The summed E-state index contributed by atoms with van der Waals surface area (Å²) in [4.78, 5) is 11.5. The second-order valence-corrected chi connectivity index (χ2v) is 7.65. The molecular formula is C19H24O3. The number of hydrogen-bond donors (Lipinski definition) is 1. The van der Waals surface area contributed by atoms with E-state index in [2.05, 4.69) is 25.1 Å². The highest BCUT2D eigenvalue weighted by molar-refractivity contribution is 5.72. The molecule has 1 aromatic carbocycles. The first-order chi connectivity index (χ1) is 10.5. The molecule has 22 heavy (non-hydrogen) atoms. The van der Waals surface area contributed by atoms with Gasteiger partial charge in [-0.2, -0.15) is 0 Å². The fourth-order valence-electron chi connectivity index (χ4n) is 5.66. The molecule has 0 aliphatic heterocycles. The largest absolute Gasteiger partial charge is 0.497 e. The second kappa shape index (κ2) is 4.74. The fourth-order valence-corrected chi connectivity index (χ4v) is 5.66. The monoisotopic (exact) mass is 300 g/mol. The van der Waals surface area contributed by atoms with Crippen LogP contribution in [0.2, 0.25) is 0 Å². The van der Waals surface area contributed by atoms with Crippen LogP contribution < -0.4 is 4.74 Å². The number of rotatable bonds is 2. The molecule has 1 N–H and O–H groups in total. The molecule has 2 saturated carbocycles. The summed E-state index contributed by atoms with van der Waals surface area (Å²) < 4.78 is 5.36. The van der Waals surface area contributed by atoms with E-state index in [0.717, 1.165) is 31.4 Å². The van der Waals surface area contributed by atoms with Gasteiger partial charge in [0.25, 0.3) is 0 Å². The Morgan fingerprint density at radius 3 is 2.91 bits per heavy atom. The molecule has 3 aliphatic carbocycles. The van der Waals surface area contributed by atoms with Gasteiger partial charge in [0.2, 0.25) is 0 Å². The van der Waals surface area contributed by atoms with Gasteiger partial charge in [-0.05, 0) is 78.5 Å². The molecule has 0 heterocycles. The Bertz CT molecular complexity index is 623. The van der Waals surface area contributed by atoms with Gasteiger partial charge in [0.1, 0.15) is 5.75 Å². The van der Waals surface area contributed by atoms with Crippen molar-refractivity contribution < 1.29 is 14.6 Å². The first-order valence-electron chi connectivity index (χ1n) is 8.44. The van der Waals surface area contributed by atoms with Crippen LogP contribution >= 0.6 is 0 Å². The number of methoxy groups -OCH3 is 1. The Labute approximate surface area is 131 Å². The van der Waals surface area contributed by atoms with Gasteiger partial charge in [-0.1, -0.05) is 13.0 Å². The van der Waals surface area contributed by atoms with Gasteiger partial charge < -0.3 is 9.84 Å². The van der Waals surface area contributed by atoms with Gasteiger partial charge in [-0.15, -0.1) is 0 Å². The van der Waals surface area contributed by atoms with Gasteiger partial charge in [0.05, 0.1) is 13.0 Å². The summed E-state index contributed by atoms with van der Waals surface area (Å²) in [6.45, 7) is 2.22. The van der Waals surface area contributed by atoms with E-state index < -0.39 is 5.97 Å². The Hall–Kier alpha value is -1.51. The zero-order chi connectivity index (χ0) is 15.5. The third-order valence-electron chi connectivity index (χ3n) is 6.96. The molecule has 1 aromatic rings. The van der Waals surface area contributed by atoms with Gasteiger partial charge in [-0.3, -0.25) is 4.79 Å². The average Bonchev–Trinajstić information content (AvgIpc) is 2.50. The summed E-state index contributed by atoms with van der Waals surface area (Å²) in [5.41, 5.74) is 2.98. The van der Waals surface area contributed by atoms with E-state index in [4.69, 9.17) is 4.74 Å². The van der Waals surface area contributed by atoms with E-state index in [0.29, 0.717) is 17.8 Å². The van der Waals surface area contributed by atoms with Crippen LogP contribution in [-0.4, -0.2) is 18.2 Å². The first-order valence-corrected chi connectivity index (χ1v) is 8.44. The standard InChI is InChI=1S/C19H24O3/c1-19-8-7-14-13-6-4-12(22-2)9-11(13)3-5-15(14)16(19)10-17(19)18(20)21/h4,6,9,14-17H,3,5,7-8,10H2,1-2H3,(H,20,21)/t14?,15?,16?,17?,19-/m0/s1. The zero-order valence-corrected chi connectivity index (χ0v) is 13.3. The van der Waals surface area contributed by atoms with Crippen molar-refractivity contribution in [2.75, 3.05) is 7.11 Å². The summed E-state index contributed by atoms with van der Waals surface area (Å²) in [6, 6.07) is 6.52. The molecule has 3 aliphatic rings. The summed E-state index contributed by atoms with van der Waals surface area (Å²) in [6.07, 6.45) is 5.40. The maximum atomic E-state index is 11.5. The maximum Gasteiger partial charge on any atom is 0.307 e. The highest BCUT2D eigenvalue weighted by Gasteiger charge is 2.60. The van der Waals surface area contributed by atoms with E-state index in [1.54, 1.807) is 7.11 Å². The number of hydrogen-bond acceptors (Lipinski definition) is 2. The third-order valence-corrected chi connectivity index (χ3v) is 6.96. The van der Waals surface area contributed by atoms with Crippen LogP contribution in [0.3, 0.4) is 0 Å². The molecule has 0 bridgehead atoms. The second-order valence-electron chi connectivity index (χ2n) is 7.65. The SMILES string of the molecule is COc1ccc2c(c1)CCC1C2CC[C@]2(C)C(C(=O)O)CC12. The van der Waals surface area contributed by atoms with Crippen molar-refractivity contribution in [3.05, 3.63) is 29.3 Å². The molecule has 5 atom stereocenters. The normalized spacial score (nSPS) is 39.0. The van der Waals surface area contributed by atoms with E-state index in [-0.39, 0.29) is 11.3 Å². The number of ether oxygens (including phenoxy) is 1. The summed E-state index contributed by atoms with van der Waals surface area (Å²) >= 11 is 0. The quantitative estimate of drug-likeness (QED) is 0.902. The number of aryl methyl sites for hydroxylation is 1. The van der Waals surface area contributed by atoms with Crippen LogP contribution in [0.25, 0.3) is 0 Å². The average molecular weight is 300 g/mol. The van der Waals surface area contributed by atoms with E-state index in [1.165, 1.54) is 17.5 Å². The minimum absolute atomic E-state index is 0.0387. The molecule has 118 valence electrons. The molecule has 0 amide bonds. The number of carboxylic acids is 1. The molecule has 0 radical (unpaired) electrons. The summed E-state index contributed by atoms with van der Waals surface area (Å²) in [5.74, 6) is 2.15. The molecule has 4 unspecified atom stereocenters. The predicted molar refractivity (Wildman–Crippen MR) is 84.1 cm³/mol. The van der Waals surface area contributed by atoms with Gasteiger partial charge >= 0.3 is 5.97 Å². The lowest BCUT2D eigenvalue weighted by Crippen LogP contribution is -2.57. The van der Waals surface area contributed by atoms with Crippen LogP contribution in [0.4, 0.5) is 0 Å². The fraction of sp³-hybridized carbons (Fsp3) is 0.632. The van der Waals surface area contributed by atoms with Crippen LogP contribution in [0, 0.1) is 23.2 Å². The molecule has 4 rings (SSSR count). The minimum Gasteiger partial charge on any atom is -0.497 e. The molecule has 0 spiro atoms. The lowest BCUT2D eigenvalue weighted by Gasteiger charge is -2.61. The Morgan fingerprint density at radius 1 is 1.36 bits per heavy atom. The number of aliphatic carboxylic acids is 1. The van der Waals surface area contributed by atoms with Crippen LogP contribution in [0.15, 0.2) is 18.2 Å². The number of carbonyl (C=O) groups is 1. The summed E-state index contributed by atoms with van der Waals surface area (Å²) in [7, 11) is 1.72. The van der Waals surface area contributed by atoms with Gasteiger partial charge in [0.15, 0.2) is 0 Å². The van der Waals surface area contributed by atoms with Crippen molar-refractivity contribution in [1.29, 1.82) is 0 Å². The molecule has 0 saturated heterocycles. The van der Waals surface area contributed by atoms with E-state index in [9.17, 15) is 9.90 Å². The van der Waals surface area contributed by atoms with Crippen molar-refractivity contribution in [3.8, 4) is 5.75 Å². The number of carboxylic acid groups (broad SMARTS) is 1. The molecule has 3 heteroatoms. The molecule has 0 aromatic heterocycles.